The number of aliphatic hydroxyl groups excluding tert-OH is 5. The van der Waals surface area contributed by atoms with E-state index in [-0.39, 0.29) is 18.5 Å². The topological polar surface area (TPSA) is 175 Å². The van der Waals surface area contributed by atoms with E-state index in [4.69, 9.17) is 14.2 Å². The van der Waals surface area contributed by atoms with E-state index >= 15 is 0 Å². The van der Waals surface area contributed by atoms with Crippen molar-refractivity contribution in [2.75, 3.05) is 19.8 Å². The van der Waals surface area contributed by atoms with E-state index in [2.05, 4.69) is 67.8 Å². The maximum atomic E-state index is 13.0. The van der Waals surface area contributed by atoms with Crippen molar-refractivity contribution < 1.29 is 49.3 Å². The zero-order valence-electron chi connectivity index (χ0n) is 51.5. The molecule has 0 aliphatic carbocycles. The summed E-state index contributed by atoms with van der Waals surface area (Å²) in [5, 5.41) is 54.2. The minimum absolute atomic E-state index is 0.00566. The molecule has 0 bridgehead atoms. The van der Waals surface area contributed by atoms with Crippen molar-refractivity contribution in [2.45, 2.75) is 346 Å². The van der Waals surface area contributed by atoms with Crippen molar-refractivity contribution in [3.05, 3.63) is 60.8 Å². The van der Waals surface area contributed by atoms with Crippen molar-refractivity contribution in [1.82, 2.24) is 5.32 Å². The Labute approximate surface area is 490 Å². The first-order chi connectivity index (χ1) is 39.2. The van der Waals surface area contributed by atoms with Gasteiger partial charge in [0.15, 0.2) is 6.29 Å². The fourth-order valence-corrected chi connectivity index (χ4v) is 10.2. The highest BCUT2D eigenvalue weighted by Gasteiger charge is 2.44. The predicted molar refractivity (Wildman–Crippen MR) is 333 cm³/mol. The summed E-state index contributed by atoms with van der Waals surface area (Å²) in [5.74, 6) is -0.200. The molecule has 0 radical (unpaired) electrons. The summed E-state index contributed by atoms with van der Waals surface area (Å²) in [6.07, 6.45) is 66.5. The number of allylic oxidation sites excluding steroid dienone is 9. The fourth-order valence-electron chi connectivity index (χ4n) is 10.2. The maximum Gasteiger partial charge on any atom is 0.305 e. The van der Waals surface area contributed by atoms with E-state index in [0.29, 0.717) is 19.4 Å². The smallest absolute Gasteiger partial charge is 0.305 e. The maximum absolute atomic E-state index is 13.0. The number of rotatable bonds is 58. The Bertz CT molecular complexity index is 1510. The number of carbonyl (C=O) groups is 2. The molecule has 0 aromatic rings. The molecule has 0 spiro atoms. The van der Waals surface area contributed by atoms with Crippen LogP contribution in [0.25, 0.3) is 0 Å². The third-order valence-corrected chi connectivity index (χ3v) is 15.6. The second kappa shape index (κ2) is 58.1. The van der Waals surface area contributed by atoms with Crippen LogP contribution in [0.15, 0.2) is 60.8 Å². The van der Waals surface area contributed by atoms with E-state index < -0.39 is 49.5 Å². The lowest BCUT2D eigenvalue weighted by atomic mass is 9.99. The molecule has 11 nitrogen and oxygen atoms in total. The molecule has 1 fully saturated rings. The Morgan fingerprint density at radius 2 is 0.850 bits per heavy atom. The van der Waals surface area contributed by atoms with E-state index in [1.807, 2.05) is 6.08 Å². The predicted octanol–water partition coefficient (Wildman–Crippen LogP) is 16.6. The number of carbonyl (C=O) groups excluding carboxylic acids is 2. The standard InChI is InChI=1S/C69H125NO10/c1-3-5-7-9-11-13-14-37-41-45-49-53-57-65(74)78-58-54-50-46-42-38-35-33-31-29-27-25-23-21-19-17-15-16-18-20-22-24-26-28-30-32-34-36-40-44-48-52-56-64(73)70-61(62(72)55-51-47-43-39-12-10-8-6-4-2)60-79-69-68(77)67(76)66(75)63(59-71)80-69/h11-13,17,19,23,25,39,51,55,61-63,66-69,71-72,75-77H,3-10,14-16,18,20-22,24,26-38,40-50,52-54,56-60H2,1-2H3,(H,70,73)/b13-11-,19-17-,25-23-,39-12+,55-51+. The average molecular weight is 1130 g/mol. The van der Waals surface area contributed by atoms with Crippen LogP contribution in [0.4, 0.5) is 0 Å². The van der Waals surface area contributed by atoms with Gasteiger partial charge in [-0.25, -0.2) is 0 Å². The van der Waals surface area contributed by atoms with Gasteiger partial charge in [0, 0.05) is 12.8 Å². The van der Waals surface area contributed by atoms with Crippen LogP contribution in [0, 0.1) is 0 Å². The molecule has 1 amide bonds. The average Bonchev–Trinajstić information content (AvgIpc) is 3.46. The summed E-state index contributed by atoms with van der Waals surface area (Å²) in [6.45, 7) is 4.26. The molecule has 466 valence electrons. The Morgan fingerprint density at radius 3 is 1.31 bits per heavy atom. The fraction of sp³-hybridized carbons (Fsp3) is 0.826. The van der Waals surface area contributed by atoms with Crippen LogP contribution < -0.4 is 5.32 Å². The van der Waals surface area contributed by atoms with E-state index in [1.54, 1.807) is 6.08 Å². The van der Waals surface area contributed by atoms with Gasteiger partial charge >= 0.3 is 5.97 Å². The lowest BCUT2D eigenvalue weighted by Gasteiger charge is -2.40. The van der Waals surface area contributed by atoms with Gasteiger partial charge in [-0.2, -0.15) is 0 Å². The van der Waals surface area contributed by atoms with Crippen LogP contribution in [0.3, 0.4) is 0 Å². The van der Waals surface area contributed by atoms with Crippen molar-refractivity contribution in [3.63, 3.8) is 0 Å². The number of amides is 1. The lowest BCUT2D eigenvalue weighted by Crippen LogP contribution is -2.60. The first-order valence-corrected chi connectivity index (χ1v) is 33.6. The van der Waals surface area contributed by atoms with Gasteiger partial charge in [0.2, 0.25) is 5.91 Å². The number of unbranched alkanes of at least 4 members (excludes halogenated alkanes) is 36. The summed E-state index contributed by atoms with van der Waals surface area (Å²) in [7, 11) is 0. The quantitative estimate of drug-likeness (QED) is 0.0195. The number of hydrogen-bond acceptors (Lipinski definition) is 10. The second-order valence-corrected chi connectivity index (χ2v) is 23.2. The largest absolute Gasteiger partial charge is 0.466 e. The second-order valence-electron chi connectivity index (χ2n) is 23.2. The Balaban J connectivity index is 1.95. The Kier molecular flexibility index (Phi) is 54.8. The zero-order chi connectivity index (χ0) is 58.0. The third-order valence-electron chi connectivity index (χ3n) is 15.6. The molecule has 0 aromatic carbocycles. The van der Waals surface area contributed by atoms with E-state index in [9.17, 15) is 35.1 Å². The molecule has 0 aromatic heterocycles. The summed E-state index contributed by atoms with van der Waals surface area (Å²) < 4.78 is 16.7. The van der Waals surface area contributed by atoms with Crippen LogP contribution in [-0.4, -0.2) is 100 Å². The molecule has 11 heteroatoms. The van der Waals surface area contributed by atoms with Crippen molar-refractivity contribution in [3.8, 4) is 0 Å². The van der Waals surface area contributed by atoms with Crippen LogP contribution >= 0.6 is 0 Å². The lowest BCUT2D eigenvalue weighted by molar-refractivity contribution is -0.302. The Hall–Kier alpha value is -2.64. The van der Waals surface area contributed by atoms with Crippen molar-refractivity contribution in [1.29, 1.82) is 0 Å². The first-order valence-electron chi connectivity index (χ1n) is 33.6. The van der Waals surface area contributed by atoms with Gasteiger partial charge in [0.25, 0.3) is 0 Å². The van der Waals surface area contributed by atoms with Gasteiger partial charge < -0.3 is 45.1 Å². The molecular weight excluding hydrogens is 1000 g/mol. The van der Waals surface area contributed by atoms with Gasteiger partial charge in [-0.15, -0.1) is 0 Å². The van der Waals surface area contributed by atoms with E-state index in [0.717, 1.165) is 64.2 Å². The molecular formula is C69H125NO10. The number of nitrogens with one attached hydrogen (secondary N) is 1. The van der Waals surface area contributed by atoms with Gasteiger partial charge in [-0.05, 0) is 103 Å². The molecule has 7 unspecified atom stereocenters. The van der Waals surface area contributed by atoms with Crippen LogP contribution in [0.1, 0.15) is 303 Å². The SMILES string of the molecule is CCCCC/C=C\CCCCCCCC(=O)OCCCCCCCCCCC/C=C\C/C=C\CCCCCCCCCCCCCCCCCC(=O)NC(COC1OC(CO)C(O)C(O)C1O)C(O)/C=C/CC/C=C/CCCCC. The van der Waals surface area contributed by atoms with Crippen molar-refractivity contribution in [2.24, 2.45) is 0 Å². The molecule has 1 heterocycles. The molecule has 1 saturated heterocycles. The third kappa shape index (κ3) is 46.8. The molecule has 6 N–H and O–H groups in total. The van der Waals surface area contributed by atoms with Gasteiger partial charge in [-0.1, -0.05) is 248 Å². The summed E-state index contributed by atoms with van der Waals surface area (Å²) >= 11 is 0. The van der Waals surface area contributed by atoms with Crippen LogP contribution in [0.5, 0.6) is 0 Å². The summed E-state index contributed by atoms with van der Waals surface area (Å²) in [6, 6.07) is -0.826. The van der Waals surface area contributed by atoms with Crippen LogP contribution in [0.2, 0.25) is 0 Å². The minimum atomic E-state index is -1.58. The van der Waals surface area contributed by atoms with E-state index in [1.165, 1.54) is 212 Å². The molecule has 1 rings (SSSR count). The number of hydrogen-bond donors (Lipinski definition) is 6. The zero-order valence-corrected chi connectivity index (χ0v) is 51.5. The molecule has 0 saturated carbocycles. The minimum Gasteiger partial charge on any atom is -0.466 e. The number of ether oxygens (including phenoxy) is 3. The monoisotopic (exact) mass is 1130 g/mol. The molecule has 1 aliphatic rings. The van der Waals surface area contributed by atoms with Crippen molar-refractivity contribution >= 4 is 11.9 Å². The number of esters is 1. The van der Waals surface area contributed by atoms with Gasteiger partial charge in [0.05, 0.1) is 32.0 Å². The summed E-state index contributed by atoms with van der Waals surface area (Å²) in [4.78, 5) is 25.0. The normalized spacial score (nSPS) is 18.7. The van der Waals surface area contributed by atoms with Crippen LogP contribution in [-0.2, 0) is 23.8 Å². The Morgan fingerprint density at radius 1 is 0.463 bits per heavy atom. The van der Waals surface area contributed by atoms with Gasteiger partial charge in [-0.3, -0.25) is 9.59 Å². The number of aliphatic hydroxyl groups is 5. The highest BCUT2D eigenvalue weighted by Crippen LogP contribution is 2.23. The molecule has 80 heavy (non-hydrogen) atoms. The van der Waals surface area contributed by atoms with Gasteiger partial charge in [0.1, 0.15) is 24.4 Å². The highest BCUT2D eigenvalue weighted by molar-refractivity contribution is 5.76. The first kappa shape index (κ1) is 75.4. The molecule has 7 atom stereocenters. The highest BCUT2D eigenvalue weighted by atomic mass is 16.7. The molecule has 1 aliphatic heterocycles. The summed E-state index contributed by atoms with van der Waals surface area (Å²) in [5.41, 5.74) is 0.